The first-order valence-electron chi connectivity index (χ1n) is 4.95. The molecule has 0 bridgehead atoms. The summed E-state index contributed by atoms with van der Waals surface area (Å²) in [4.78, 5) is 22.9. The zero-order chi connectivity index (χ0) is 12.7. The number of aromatic nitrogens is 1. The molecule has 17 heavy (non-hydrogen) atoms. The topological polar surface area (TPSA) is 59.3 Å². The first-order chi connectivity index (χ1) is 7.93. The van der Waals surface area contributed by atoms with Crippen LogP contribution in [0, 0.1) is 12.7 Å². The number of carbonyl (C=O) groups is 1. The predicted octanol–water partition coefficient (Wildman–Crippen LogP) is 1.68. The van der Waals surface area contributed by atoms with Gasteiger partial charge < -0.3 is 9.67 Å². The van der Waals surface area contributed by atoms with Crippen LogP contribution in [0.25, 0.3) is 10.9 Å². The smallest absolute Gasteiger partial charge is 0.336 e. The Balaban J connectivity index is 3.10. The van der Waals surface area contributed by atoms with Gasteiger partial charge in [0, 0.05) is 18.0 Å². The van der Waals surface area contributed by atoms with E-state index in [1.165, 1.54) is 30.7 Å². The van der Waals surface area contributed by atoms with Crippen LogP contribution < -0.4 is 5.56 Å². The van der Waals surface area contributed by atoms with Gasteiger partial charge in [0.25, 0.3) is 5.56 Å². The molecule has 2 rings (SSSR count). The van der Waals surface area contributed by atoms with Crippen molar-refractivity contribution in [2.45, 2.75) is 6.92 Å². The van der Waals surface area contributed by atoms with E-state index in [0.29, 0.717) is 5.52 Å². The maximum atomic E-state index is 13.2. The molecule has 0 saturated heterocycles. The molecule has 0 aliphatic heterocycles. The van der Waals surface area contributed by atoms with E-state index in [9.17, 15) is 14.0 Å². The Kier molecular flexibility index (Phi) is 2.46. The van der Waals surface area contributed by atoms with Crippen LogP contribution in [0.15, 0.2) is 23.0 Å². The number of hydrogen-bond acceptors (Lipinski definition) is 2. The van der Waals surface area contributed by atoms with Gasteiger partial charge in [0.05, 0.1) is 11.1 Å². The molecule has 0 aliphatic rings. The zero-order valence-corrected chi connectivity index (χ0v) is 9.32. The molecule has 0 radical (unpaired) electrons. The first-order valence-corrected chi connectivity index (χ1v) is 4.95. The summed E-state index contributed by atoms with van der Waals surface area (Å²) < 4.78 is 14.5. The van der Waals surface area contributed by atoms with Crippen LogP contribution in [0.5, 0.6) is 0 Å². The van der Waals surface area contributed by atoms with Gasteiger partial charge in [0.1, 0.15) is 5.82 Å². The summed E-state index contributed by atoms with van der Waals surface area (Å²) in [6.45, 7) is 1.43. The van der Waals surface area contributed by atoms with Gasteiger partial charge in [-0.1, -0.05) is 0 Å². The van der Waals surface area contributed by atoms with Crippen molar-refractivity contribution >= 4 is 16.9 Å². The highest BCUT2D eigenvalue weighted by molar-refractivity contribution is 6.03. The maximum absolute atomic E-state index is 13.2. The van der Waals surface area contributed by atoms with Gasteiger partial charge in [-0.2, -0.15) is 0 Å². The van der Waals surface area contributed by atoms with Crippen molar-refractivity contribution in [3.63, 3.8) is 0 Å². The minimum Gasteiger partial charge on any atom is -0.478 e. The number of rotatable bonds is 1. The van der Waals surface area contributed by atoms with Crippen LogP contribution in [-0.2, 0) is 7.05 Å². The standard InChI is InChI=1S/C12H10FNO3/c1-6-10(12(16)17)8-5-7(13)3-4-9(8)14(2)11(6)15/h3-5H,1-2H3,(H,16,17). The third-order valence-corrected chi connectivity index (χ3v) is 2.80. The summed E-state index contributed by atoms with van der Waals surface area (Å²) in [6, 6.07) is 3.73. The maximum Gasteiger partial charge on any atom is 0.336 e. The summed E-state index contributed by atoms with van der Waals surface area (Å²) in [7, 11) is 1.53. The molecule has 5 heteroatoms. The SMILES string of the molecule is Cc1c(C(=O)O)c2cc(F)ccc2n(C)c1=O. The minimum atomic E-state index is -1.23. The Morgan fingerprint density at radius 3 is 2.65 bits per heavy atom. The molecule has 1 aromatic carbocycles. The van der Waals surface area contributed by atoms with E-state index in [0.717, 1.165) is 6.07 Å². The van der Waals surface area contributed by atoms with Crippen LogP contribution in [0.1, 0.15) is 15.9 Å². The zero-order valence-electron chi connectivity index (χ0n) is 9.32. The van der Waals surface area contributed by atoms with Gasteiger partial charge in [-0.3, -0.25) is 4.79 Å². The summed E-state index contributed by atoms with van der Waals surface area (Å²) >= 11 is 0. The molecule has 1 N–H and O–H groups in total. The fourth-order valence-electron chi connectivity index (χ4n) is 1.95. The number of pyridine rings is 1. The van der Waals surface area contributed by atoms with Crippen LogP contribution in [-0.4, -0.2) is 15.6 Å². The number of nitrogens with zero attached hydrogens (tertiary/aromatic N) is 1. The number of benzene rings is 1. The number of hydrogen-bond donors (Lipinski definition) is 1. The van der Waals surface area contributed by atoms with Crippen LogP contribution in [0.4, 0.5) is 4.39 Å². The fourth-order valence-corrected chi connectivity index (χ4v) is 1.95. The molecule has 0 spiro atoms. The van der Waals surface area contributed by atoms with Crippen molar-refractivity contribution < 1.29 is 14.3 Å². The molecular weight excluding hydrogens is 225 g/mol. The average molecular weight is 235 g/mol. The Hall–Kier alpha value is -2.17. The highest BCUT2D eigenvalue weighted by atomic mass is 19.1. The van der Waals surface area contributed by atoms with E-state index in [4.69, 9.17) is 5.11 Å². The van der Waals surface area contributed by atoms with Crippen molar-refractivity contribution in [3.05, 3.63) is 45.5 Å². The molecule has 2 aromatic rings. The molecule has 0 atom stereocenters. The summed E-state index contributed by atoms with van der Waals surface area (Å²) in [6.07, 6.45) is 0. The van der Waals surface area contributed by atoms with Crippen molar-refractivity contribution in [2.75, 3.05) is 0 Å². The van der Waals surface area contributed by atoms with E-state index in [2.05, 4.69) is 0 Å². The van der Waals surface area contributed by atoms with Crippen LogP contribution in [0.3, 0.4) is 0 Å². The van der Waals surface area contributed by atoms with Gasteiger partial charge in [0.15, 0.2) is 0 Å². The van der Waals surface area contributed by atoms with Gasteiger partial charge in [-0.15, -0.1) is 0 Å². The predicted molar refractivity (Wildman–Crippen MR) is 60.8 cm³/mol. The van der Waals surface area contributed by atoms with Crippen molar-refractivity contribution in [3.8, 4) is 0 Å². The van der Waals surface area contributed by atoms with E-state index < -0.39 is 11.8 Å². The van der Waals surface area contributed by atoms with Gasteiger partial charge in [0.2, 0.25) is 0 Å². The second-order valence-electron chi connectivity index (χ2n) is 3.83. The molecule has 4 nitrogen and oxygen atoms in total. The minimum absolute atomic E-state index is 0.109. The third-order valence-electron chi connectivity index (χ3n) is 2.80. The largest absolute Gasteiger partial charge is 0.478 e. The summed E-state index contributed by atoms with van der Waals surface area (Å²) in [5.41, 5.74) is -0.0124. The number of carboxylic acid groups (broad SMARTS) is 1. The van der Waals surface area contributed by atoms with E-state index in [1.54, 1.807) is 0 Å². The number of aryl methyl sites for hydroxylation is 1. The number of aromatic carboxylic acids is 1. The number of fused-ring (bicyclic) bond motifs is 1. The molecule has 0 aliphatic carbocycles. The number of carboxylic acids is 1. The monoisotopic (exact) mass is 235 g/mol. The lowest BCUT2D eigenvalue weighted by Gasteiger charge is -2.10. The Morgan fingerprint density at radius 2 is 2.06 bits per heavy atom. The Morgan fingerprint density at radius 1 is 1.41 bits per heavy atom. The normalized spacial score (nSPS) is 10.8. The molecule has 0 amide bonds. The van der Waals surface area contributed by atoms with Gasteiger partial charge in [-0.05, 0) is 25.1 Å². The fraction of sp³-hybridized carbons (Fsp3) is 0.167. The lowest BCUT2D eigenvalue weighted by atomic mass is 10.0. The van der Waals surface area contributed by atoms with Gasteiger partial charge >= 0.3 is 5.97 Å². The van der Waals surface area contributed by atoms with Crippen molar-refractivity contribution in [1.82, 2.24) is 4.57 Å². The number of halogens is 1. The highest BCUT2D eigenvalue weighted by Crippen LogP contribution is 2.20. The quantitative estimate of drug-likeness (QED) is 0.818. The molecule has 0 unspecified atom stereocenters. The van der Waals surface area contributed by atoms with Gasteiger partial charge in [-0.25, -0.2) is 9.18 Å². The molecule has 0 saturated carbocycles. The first kappa shape index (κ1) is 11.3. The second kappa shape index (κ2) is 3.69. The van der Waals surface area contributed by atoms with Crippen LogP contribution >= 0.6 is 0 Å². The van der Waals surface area contributed by atoms with Crippen LogP contribution in [0.2, 0.25) is 0 Å². The lowest BCUT2D eigenvalue weighted by Crippen LogP contribution is -2.23. The second-order valence-corrected chi connectivity index (χ2v) is 3.83. The van der Waals surface area contributed by atoms with Crippen molar-refractivity contribution in [1.29, 1.82) is 0 Å². The Bertz CT molecular complexity index is 688. The van der Waals surface area contributed by atoms with E-state index in [-0.39, 0.29) is 22.1 Å². The molecular formula is C12H10FNO3. The lowest BCUT2D eigenvalue weighted by molar-refractivity contribution is 0.0698. The van der Waals surface area contributed by atoms with Crippen molar-refractivity contribution in [2.24, 2.45) is 7.05 Å². The molecule has 1 aromatic heterocycles. The molecule has 0 fully saturated rings. The van der Waals surface area contributed by atoms with E-state index in [1.807, 2.05) is 0 Å². The Labute approximate surface area is 95.9 Å². The molecule has 1 heterocycles. The third kappa shape index (κ3) is 1.60. The van der Waals surface area contributed by atoms with E-state index >= 15 is 0 Å². The highest BCUT2D eigenvalue weighted by Gasteiger charge is 2.17. The average Bonchev–Trinajstić information content (AvgIpc) is 2.25. The summed E-state index contributed by atoms with van der Waals surface area (Å²) in [5.74, 6) is -1.76. The summed E-state index contributed by atoms with van der Waals surface area (Å²) in [5, 5.41) is 9.33. The molecule has 88 valence electrons.